The molecule has 5 heteroatoms. The van der Waals surface area contributed by atoms with Crippen molar-refractivity contribution >= 4 is 16.3 Å². The van der Waals surface area contributed by atoms with E-state index in [1.807, 2.05) is 24.3 Å². The van der Waals surface area contributed by atoms with Crippen LogP contribution in [0.25, 0.3) is 16.2 Å². The van der Waals surface area contributed by atoms with Crippen LogP contribution in [-0.4, -0.2) is 16.5 Å². The monoisotopic (exact) mass is 283 g/mol. The molecule has 0 unspecified atom stereocenters. The lowest BCUT2D eigenvalue weighted by Crippen LogP contribution is -1.94. The quantitative estimate of drug-likeness (QED) is 0.739. The van der Waals surface area contributed by atoms with Gasteiger partial charge in [0.05, 0.1) is 37.2 Å². The zero-order chi connectivity index (χ0) is 14.1. The summed E-state index contributed by atoms with van der Waals surface area (Å²) in [6, 6.07) is 10.1. The summed E-state index contributed by atoms with van der Waals surface area (Å²) in [4.78, 5) is 6.50. The van der Waals surface area contributed by atoms with Gasteiger partial charge in [0.15, 0.2) is 4.96 Å². The van der Waals surface area contributed by atoms with E-state index in [4.69, 9.17) is 10.00 Å². The lowest BCUT2D eigenvalue weighted by Gasteiger charge is -2.06. The third-order valence-corrected chi connectivity index (χ3v) is 4.20. The molecule has 0 aliphatic rings. The van der Waals surface area contributed by atoms with Crippen LogP contribution in [0.15, 0.2) is 30.5 Å². The highest BCUT2D eigenvalue weighted by molar-refractivity contribution is 7.17. The van der Waals surface area contributed by atoms with Gasteiger partial charge < -0.3 is 4.74 Å². The molecule has 0 N–H and O–H groups in total. The van der Waals surface area contributed by atoms with Gasteiger partial charge in [0.25, 0.3) is 0 Å². The third kappa shape index (κ3) is 1.95. The maximum atomic E-state index is 8.93. The molecule has 0 saturated heterocycles. The summed E-state index contributed by atoms with van der Waals surface area (Å²) in [5.41, 5.74) is 3.14. The molecule has 2 aromatic heterocycles. The van der Waals surface area contributed by atoms with Crippen molar-refractivity contribution in [1.29, 1.82) is 5.26 Å². The van der Waals surface area contributed by atoms with E-state index in [-0.39, 0.29) is 0 Å². The Morgan fingerprint density at radius 2 is 2.10 bits per heavy atom. The molecule has 100 valence electrons. The predicted octanol–water partition coefficient (Wildman–Crippen LogP) is 3.45. The molecule has 20 heavy (non-hydrogen) atoms. The Balaban J connectivity index is 2.20. The first-order chi connectivity index (χ1) is 9.74. The first kappa shape index (κ1) is 12.7. The zero-order valence-electron chi connectivity index (χ0n) is 11.3. The van der Waals surface area contributed by atoms with Crippen LogP contribution in [0.2, 0.25) is 0 Å². The molecule has 0 saturated carbocycles. The number of fused-ring (bicyclic) bond motifs is 1. The molecule has 0 bridgehead atoms. The molecular weight excluding hydrogens is 270 g/mol. The molecule has 0 amide bonds. The van der Waals surface area contributed by atoms with E-state index in [0.29, 0.717) is 6.42 Å². The first-order valence-corrected chi connectivity index (χ1v) is 7.03. The fraction of sp³-hybridized carbons (Fsp3) is 0.200. The van der Waals surface area contributed by atoms with Crippen LogP contribution in [0.3, 0.4) is 0 Å². The fourth-order valence-electron chi connectivity index (χ4n) is 2.31. The number of hydrogen-bond acceptors (Lipinski definition) is 4. The van der Waals surface area contributed by atoms with Crippen molar-refractivity contribution in [3.63, 3.8) is 0 Å². The van der Waals surface area contributed by atoms with Crippen molar-refractivity contribution in [3.05, 3.63) is 41.0 Å². The van der Waals surface area contributed by atoms with Gasteiger partial charge >= 0.3 is 0 Å². The summed E-state index contributed by atoms with van der Waals surface area (Å²) in [7, 11) is 1.66. The predicted molar refractivity (Wildman–Crippen MR) is 79.1 cm³/mol. The van der Waals surface area contributed by atoms with Crippen molar-refractivity contribution < 1.29 is 4.74 Å². The van der Waals surface area contributed by atoms with Crippen molar-refractivity contribution in [2.75, 3.05) is 7.11 Å². The molecule has 0 aliphatic heterocycles. The van der Waals surface area contributed by atoms with Crippen LogP contribution in [0.4, 0.5) is 0 Å². The number of nitrogens with zero attached hydrogens (tertiary/aromatic N) is 3. The SMILES string of the molecule is COc1ccc(-c2c(C)sc3ncc(CC#N)n23)cc1. The Morgan fingerprint density at radius 1 is 1.35 bits per heavy atom. The standard InChI is InChI=1S/C15H13N3OS/c1-10-14(11-3-5-13(19-2)6-4-11)18-12(7-8-16)9-17-15(18)20-10/h3-6,9H,7H2,1-2H3. The van der Waals surface area contributed by atoms with E-state index in [0.717, 1.165) is 27.7 Å². The van der Waals surface area contributed by atoms with Crippen LogP contribution in [0.5, 0.6) is 5.75 Å². The van der Waals surface area contributed by atoms with E-state index >= 15 is 0 Å². The molecular formula is C15H13N3OS. The Morgan fingerprint density at radius 3 is 2.75 bits per heavy atom. The summed E-state index contributed by atoms with van der Waals surface area (Å²) in [5, 5.41) is 8.93. The number of ether oxygens (including phenoxy) is 1. The molecule has 3 aromatic rings. The van der Waals surface area contributed by atoms with Crippen LogP contribution >= 0.6 is 11.3 Å². The number of methoxy groups -OCH3 is 1. The van der Waals surface area contributed by atoms with Gasteiger partial charge in [0.2, 0.25) is 0 Å². The lowest BCUT2D eigenvalue weighted by molar-refractivity contribution is 0.415. The number of aryl methyl sites for hydroxylation is 1. The van der Waals surface area contributed by atoms with Gasteiger partial charge in [-0.15, -0.1) is 11.3 Å². The summed E-state index contributed by atoms with van der Waals surface area (Å²) < 4.78 is 7.27. The van der Waals surface area contributed by atoms with Crippen molar-refractivity contribution in [2.45, 2.75) is 13.3 Å². The van der Waals surface area contributed by atoms with Crippen LogP contribution in [0, 0.1) is 18.3 Å². The van der Waals surface area contributed by atoms with Crippen molar-refractivity contribution in [1.82, 2.24) is 9.38 Å². The average molecular weight is 283 g/mol. The Hall–Kier alpha value is -2.32. The Bertz CT molecular complexity index is 793. The minimum Gasteiger partial charge on any atom is -0.497 e. The van der Waals surface area contributed by atoms with Crippen molar-refractivity contribution in [3.8, 4) is 23.1 Å². The van der Waals surface area contributed by atoms with E-state index < -0.39 is 0 Å². The highest BCUT2D eigenvalue weighted by atomic mass is 32.1. The number of imidazole rings is 1. The molecule has 0 radical (unpaired) electrons. The Labute approximate surface area is 120 Å². The second-order valence-electron chi connectivity index (χ2n) is 4.44. The summed E-state index contributed by atoms with van der Waals surface area (Å²) in [6.07, 6.45) is 2.14. The normalized spacial score (nSPS) is 10.7. The van der Waals surface area contributed by atoms with Crippen LogP contribution in [0.1, 0.15) is 10.6 Å². The van der Waals surface area contributed by atoms with E-state index in [2.05, 4.69) is 22.4 Å². The van der Waals surface area contributed by atoms with Gasteiger partial charge in [-0.3, -0.25) is 4.40 Å². The number of aromatic nitrogens is 2. The van der Waals surface area contributed by atoms with Gasteiger partial charge in [-0.05, 0) is 36.8 Å². The van der Waals surface area contributed by atoms with Crippen LogP contribution < -0.4 is 4.74 Å². The zero-order valence-corrected chi connectivity index (χ0v) is 12.1. The molecule has 0 atom stereocenters. The molecule has 0 aliphatic carbocycles. The van der Waals surface area contributed by atoms with Gasteiger partial charge in [-0.1, -0.05) is 0 Å². The number of rotatable bonds is 3. The number of thiazole rings is 1. The molecule has 4 nitrogen and oxygen atoms in total. The van der Waals surface area contributed by atoms with Crippen LogP contribution in [-0.2, 0) is 6.42 Å². The second kappa shape index (κ2) is 4.99. The second-order valence-corrected chi connectivity index (χ2v) is 5.62. The average Bonchev–Trinajstić information content (AvgIpc) is 2.98. The summed E-state index contributed by atoms with van der Waals surface area (Å²) in [5.74, 6) is 0.834. The van der Waals surface area contributed by atoms with Crippen molar-refractivity contribution in [2.24, 2.45) is 0 Å². The molecule has 3 rings (SSSR count). The van der Waals surface area contributed by atoms with E-state index in [1.54, 1.807) is 24.6 Å². The number of hydrogen-bond donors (Lipinski definition) is 0. The summed E-state index contributed by atoms with van der Waals surface area (Å²) >= 11 is 1.64. The molecule has 1 aromatic carbocycles. The van der Waals surface area contributed by atoms with E-state index in [9.17, 15) is 0 Å². The number of nitriles is 1. The maximum absolute atomic E-state index is 8.93. The minimum absolute atomic E-state index is 0.362. The highest BCUT2D eigenvalue weighted by Crippen LogP contribution is 2.33. The summed E-state index contributed by atoms with van der Waals surface area (Å²) in [6.45, 7) is 2.08. The molecule has 0 fully saturated rings. The molecule has 0 spiro atoms. The van der Waals surface area contributed by atoms with Gasteiger partial charge in [0.1, 0.15) is 5.75 Å². The fourth-order valence-corrected chi connectivity index (χ4v) is 3.29. The lowest BCUT2D eigenvalue weighted by atomic mass is 10.1. The molecule has 2 heterocycles. The number of benzene rings is 1. The van der Waals surface area contributed by atoms with Gasteiger partial charge in [-0.2, -0.15) is 5.26 Å². The highest BCUT2D eigenvalue weighted by Gasteiger charge is 2.15. The smallest absolute Gasteiger partial charge is 0.194 e. The first-order valence-electron chi connectivity index (χ1n) is 6.21. The van der Waals surface area contributed by atoms with E-state index in [1.165, 1.54) is 4.88 Å². The largest absolute Gasteiger partial charge is 0.497 e. The Kier molecular flexibility index (Phi) is 3.17. The topological polar surface area (TPSA) is 50.3 Å². The third-order valence-electron chi connectivity index (χ3n) is 3.23. The van der Waals surface area contributed by atoms with Gasteiger partial charge in [0, 0.05) is 4.88 Å². The van der Waals surface area contributed by atoms with Gasteiger partial charge in [-0.25, -0.2) is 4.98 Å². The minimum atomic E-state index is 0.362. The maximum Gasteiger partial charge on any atom is 0.194 e.